The van der Waals surface area contributed by atoms with Gasteiger partial charge < -0.3 is 5.11 Å². The molecule has 3 unspecified atom stereocenters. The first-order chi connectivity index (χ1) is 10.3. The van der Waals surface area contributed by atoms with E-state index in [1.165, 1.54) is 38.5 Å². The molecule has 0 aromatic carbocycles. The van der Waals surface area contributed by atoms with Crippen molar-refractivity contribution < 1.29 is 5.11 Å². The maximum absolute atomic E-state index is 11.0. The van der Waals surface area contributed by atoms with Gasteiger partial charge in [0.1, 0.15) is 0 Å². The summed E-state index contributed by atoms with van der Waals surface area (Å²) < 4.78 is 0. The van der Waals surface area contributed by atoms with E-state index in [0.29, 0.717) is 17.3 Å². The zero-order valence-electron chi connectivity index (χ0n) is 14.3. The standard InChI is InChI=1S/C20H31BrO/c1-12-8-13-4-5-15-16(20(13,3)18(22)9-12)6-7-19(2)11-14(21)10-17(15)19/h4,12,14-18,22H,5-11H2,1-3H3/t12?,14?,15-,16-,17+,18?,19-,20+/m1/s1. The van der Waals surface area contributed by atoms with Gasteiger partial charge in [0.2, 0.25) is 0 Å². The Hall–Kier alpha value is 0.180. The van der Waals surface area contributed by atoms with Gasteiger partial charge in [-0.3, -0.25) is 0 Å². The van der Waals surface area contributed by atoms with E-state index in [4.69, 9.17) is 0 Å². The van der Waals surface area contributed by atoms with Crippen LogP contribution in [0, 0.1) is 34.5 Å². The molecule has 0 radical (unpaired) electrons. The number of alkyl halides is 1. The number of rotatable bonds is 0. The predicted molar refractivity (Wildman–Crippen MR) is 95.0 cm³/mol. The third-order valence-electron chi connectivity index (χ3n) is 8.14. The number of aliphatic hydroxyl groups is 1. The minimum Gasteiger partial charge on any atom is -0.392 e. The second-order valence-electron chi connectivity index (χ2n) is 9.42. The van der Waals surface area contributed by atoms with Crippen LogP contribution in [0.5, 0.6) is 0 Å². The summed E-state index contributed by atoms with van der Waals surface area (Å²) in [5.41, 5.74) is 2.21. The molecule has 4 aliphatic carbocycles. The molecule has 0 bridgehead atoms. The molecular formula is C20H31BrO. The van der Waals surface area contributed by atoms with Gasteiger partial charge in [0.25, 0.3) is 0 Å². The largest absolute Gasteiger partial charge is 0.392 e. The molecule has 124 valence electrons. The first-order valence-electron chi connectivity index (χ1n) is 9.36. The Morgan fingerprint density at radius 1 is 1.23 bits per heavy atom. The van der Waals surface area contributed by atoms with Crippen molar-refractivity contribution in [2.24, 2.45) is 34.5 Å². The van der Waals surface area contributed by atoms with Crippen LogP contribution in [0.1, 0.15) is 65.7 Å². The van der Waals surface area contributed by atoms with E-state index in [9.17, 15) is 5.11 Å². The molecule has 4 rings (SSSR count). The van der Waals surface area contributed by atoms with E-state index < -0.39 is 0 Å². The van der Waals surface area contributed by atoms with Gasteiger partial charge in [0.05, 0.1) is 6.10 Å². The first-order valence-corrected chi connectivity index (χ1v) is 10.3. The molecule has 2 heteroatoms. The van der Waals surface area contributed by atoms with Crippen molar-refractivity contribution >= 4 is 15.9 Å². The Kier molecular flexibility index (Phi) is 3.63. The lowest BCUT2D eigenvalue weighted by Gasteiger charge is -2.58. The molecule has 1 N–H and O–H groups in total. The molecule has 4 aliphatic rings. The van der Waals surface area contributed by atoms with E-state index in [-0.39, 0.29) is 11.5 Å². The van der Waals surface area contributed by atoms with Crippen LogP contribution in [0.25, 0.3) is 0 Å². The fraction of sp³-hybridized carbons (Fsp3) is 0.900. The Balaban J connectivity index is 1.70. The summed E-state index contributed by atoms with van der Waals surface area (Å²) >= 11 is 3.92. The molecule has 8 atom stereocenters. The third kappa shape index (κ3) is 2.05. The quantitative estimate of drug-likeness (QED) is 0.454. The van der Waals surface area contributed by atoms with Gasteiger partial charge in [0.15, 0.2) is 0 Å². The Bertz CT molecular complexity index is 500. The lowest BCUT2D eigenvalue weighted by molar-refractivity contribution is -0.0880. The van der Waals surface area contributed by atoms with Crippen molar-refractivity contribution in [1.29, 1.82) is 0 Å². The van der Waals surface area contributed by atoms with Crippen molar-refractivity contribution in [3.8, 4) is 0 Å². The van der Waals surface area contributed by atoms with Gasteiger partial charge in [-0.15, -0.1) is 0 Å². The topological polar surface area (TPSA) is 20.2 Å². The molecular weight excluding hydrogens is 336 g/mol. The summed E-state index contributed by atoms with van der Waals surface area (Å²) in [6.07, 6.45) is 11.3. The molecule has 0 aromatic heterocycles. The smallest absolute Gasteiger partial charge is 0.0636 e. The van der Waals surface area contributed by atoms with E-state index in [2.05, 4.69) is 42.8 Å². The first kappa shape index (κ1) is 15.7. The number of aliphatic hydroxyl groups excluding tert-OH is 1. The number of hydrogen-bond acceptors (Lipinski definition) is 1. The van der Waals surface area contributed by atoms with Crippen LogP contribution in [0.4, 0.5) is 0 Å². The van der Waals surface area contributed by atoms with Crippen molar-refractivity contribution in [2.75, 3.05) is 0 Å². The van der Waals surface area contributed by atoms with Crippen molar-refractivity contribution in [3.63, 3.8) is 0 Å². The van der Waals surface area contributed by atoms with Crippen LogP contribution in [0.3, 0.4) is 0 Å². The van der Waals surface area contributed by atoms with Crippen LogP contribution < -0.4 is 0 Å². The highest BCUT2D eigenvalue weighted by Crippen LogP contribution is 2.65. The summed E-state index contributed by atoms with van der Waals surface area (Å²) in [6.45, 7) is 7.24. The van der Waals surface area contributed by atoms with Gasteiger partial charge in [-0.2, -0.15) is 0 Å². The van der Waals surface area contributed by atoms with E-state index in [0.717, 1.165) is 23.1 Å². The lowest BCUT2D eigenvalue weighted by atomic mass is 9.47. The van der Waals surface area contributed by atoms with Gasteiger partial charge in [-0.25, -0.2) is 0 Å². The Morgan fingerprint density at radius 3 is 2.77 bits per heavy atom. The molecule has 0 heterocycles. The molecule has 3 fully saturated rings. The summed E-state index contributed by atoms with van der Waals surface area (Å²) in [5, 5.41) is 11.0. The van der Waals surface area contributed by atoms with Crippen LogP contribution in [-0.2, 0) is 0 Å². The normalized spacial score (nSPS) is 57.6. The molecule has 0 aliphatic heterocycles. The maximum atomic E-state index is 11.0. The zero-order valence-corrected chi connectivity index (χ0v) is 15.9. The van der Waals surface area contributed by atoms with Crippen LogP contribution in [-0.4, -0.2) is 16.0 Å². The van der Waals surface area contributed by atoms with Crippen molar-refractivity contribution in [2.45, 2.75) is 76.6 Å². The molecule has 0 spiro atoms. The molecule has 22 heavy (non-hydrogen) atoms. The van der Waals surface area contributed by atoms with Crippen LogP contribution in [0.2, 0.25) is 0 Å². The Labute approximate surface area is 144 Å². The second kappa shape index (κ2) is 5.09. The van der Waals surface area contributed by atoms with E-state index >= 15 is 0 Å². The van der Waals surface area contributed by atoms with Crippen LogP contribution in [0.15, 0.2) is 11.6 Å². The average Bonchev–Trinajstić information content (AvgIpc) is 2.75. The van der Waals surface area contributed by atoms with Crippen molar-refractivity contribution in [1.82, 2.24) is 0 Å². The van der Waals surface area contributed by atoms with Gasteiger partial charge in [-0.1, -0.05) is 48.4 Å². The SMILES string of the molecule is CC1CC2=CC[C@@H]3[C@@H](CC[C@]4(C)CC(Br)C[C@@H]34)[C@@]2(C)C(O)C1. The summed E-state index contributed by atoms with van der Waals surface area (Å²) in [4.78, 5) is 0.718. The summed E-state index contributed by atoms with van der Waals surface area (Å²) in [6, 6.07) is 0. The fourth-order valence-corrected chi connectivity index (χ4v) is 8.06. The molecule has 0 amide bonds. The predicted octanol–water partition coefficient (Wildman–Crippen LogP) is 5.32. The van der Waals surface area contributed by atoms with Gasteiger partial charge in [-0.05, 0) is 74.0 Å². The average molecular weight is 367 g/mol. The van der Waals surface area contributed by atoms with E-state index in [1.54, 1.807) is 5.57 Å². The molecule has 3 saturated carbocycles. The highest BCUT2D eigenvalue weighted by atomic mass is 79.9. The number of fused-ring (bicyclic) bond motifs is 5. The lowest BCUT2D eigenvalue weighted by Crippen LogP contribution is -2.54. The minimum atomic E-state index is -0.124. The Morgan fingerprint density at radius 2 is 2.00 bits per heavy atom. The van der Waals surface area contributed by atoms with Crippen LogP contribution >= 0.6 is 15.9 Å². The third-order valence-corrected chi connectivity index (χ3v) is 8.84. The zero-order chi connectivity index (χ0) is 15.7. The molecule has 1 nitrogen and oxygen atoms in total. The summed E-state index contributed by atoms with van der Waals surface area (Å²) in [7, 11) is 0. The highest BCUT2D eigenvalue weighted by Gasteiger charge is 2.59. The van der Waals surface area contributed by atoms with Crippen molar-refractivity contribution in [3.05, 3.63) is 11.6 Å². The second-order valence-corrected chi connectivity index (χ2v) is 10.7. The highest BCUT2D eigenvalue weighted by molar-refractivity contribution is 9.09. The minimum absolute atomic E-state index is 0.0706. The number of allylic oxidation sites excluding steroid dienone is 1. The number of hydrogen-bond donors (Lipinski definition) is 1. The monoisotopic (exact) mass is 366 g/mol. The van der Waals surface area contributed by atoms with Gasteiger partial charge in [0, 0.05) is 10.2 Å². The summed E-state index contributed by atoms with van der Waals surface area (Å²) in [5.74, 6) is 3.03. The van der Waals surface area contributed by atoms with E-state index in [1.807, 2.05) is 0 Å². The maximum Gasteiger partial charge on any atom is 0.0636 e. The van der Waals surface area contributed by atoms with Gasteiger partial charge >= 0.3 is 0 Å². The number of halogens is 1. The molecule has 0 aromatic rings. The fourth-order valence-electron chi connectivity index (χ4n) is 6.92. The molecule has 0 saturated heterocycles.